The average Bonchev–Trinajstić information content (AvgIpc) is 2.47. The zero-order chi connectivity index (χ0) is 18.4. The second-order valence-electron chi connectivity index (χ2n) is 5.47. The van der Waals surface area contributed by atoms with Gasteiger partial charge in [0.1, 0.15) is 0 Å². The first kappa shape index (κ1) is 16.7. The van der Waals surface area contributed by atoms with Crippen LogP contribution in [0.4, 0.5) is 0 Å². The van der Waals surface area contributed by atoms with E-state index in [1.54, 1.807) is 0 Å². The van der Waals surface area contributed by atoms with Crippen LogP contribution in [0.1, 0.15) is 12.8 Å². The lowest BCUT2D eigenvalue weighted by Gasteiger charge is -2.43. The van der Waals surface area contributed by atoms with Crippen LogP contribution in [0.3, 0.4) is 0 Å². The summed E-state index contributed by atoms with van der Waals surface area (Å²) < 4.78 is 6.16. The highest BCUT2D eigenvalue weighted by Gasteiger charge is 2.49. The van der Waals surface area contributed by atoms with Crippen molar-refractivity contribution in [2.45, 2.75) is 24.8 Å². The van der Waals surface area contributed by atoms with Gasteiger partial charge in [0.2, 0.25) is 11.8 Å². The van der Waals surface area contributed by atoms with E-state index < -0.39 is 46.2 Å². The minimum absolute atomic E-state index is 0.0840. The molecule has 0 amide bonds. The zero-order valence-corrected chi connectivity index (χ0v) is 12.6. The number of ether oxygens (including phenoxy) is 1. The van der Waals surface area contributed by atoms with Crippen LogP contribution in [0.25, 0.3) is 0 Å². The minimum atomic E-state index is -2.13. The van der Waals surface area contributed by atoms with Gasteiger partial charge in [-0.1, -0.05) is 0 Å². The number of aliphatic hydroxyl groups is 1. The summed E-state index contributed by atoms with van der Waals surface area (Å²) in [6.45, 7) is 0.0840. The summed E-state index contributed by atoms with van der Waals surface area (Å²) in [6, 6.07) is 1.33. The maximum Gasteiger partial charge on any atom is 0.333 e. The molecule has 0 radical (unpaired) electrons. The van der Waals surface area contributed by atoms with Crippen LogP contribution in [0.2, 0.25) is 0 Å². The van der Waals surface area contributed by atoms with Crippen molar-refractivity contribution in [2.75, 3.05) is 6.61 Å². The Morgan fingerprint density at radius 3 is 1.88 bits per heavy atom. The van der Waals surface area contributed by atoms with Crippen molar-refractivity contribution in [1.82, 2.24) is 19.1 Å². The number of aromatic nitrogens is 4. The molecule has 1 aliphatic heterocycles. The number of aliphatic hydroxyl groups excluding tert-OH is 1. The molecule has 5 N–H and O–H groups in total. The molecule has 0 aromatic carbocycles. The van der Waals surface area contributed by atoms with Crippen molar-refractivity contribution in [1.29, 1.82) is 0 Å². The van der Waals surface area contributed by atoms with Crippen molar-refractivity contribution < 1.29 is 20.1 Å². The summed E-state index contributed by atoms with van der Waals surface area (Å²) in [5, 5.41) is 30.6. The Morgan fingerprint density at radius 1 is 1.00 bits per heavy atom. The highest BCUT2D eigenvalue weighted by Crippen LogP contribution is 2.35. The van der Waals surface area contributed by atoms with E-state index in [4.69, 9.17) is 4.74 Å². The predicted octanol–water partition coefficient (Wildman–Crippen LogP) is -2.87. The molecule has 2 aromatic heterocycles. The van der Waals surface area contributed by atoms with E-state index in [1.807, 2.05) is 9.97 Å². The first-order valence-electron chi connectivity index (χ1n) is 7.18. The largest absolute Gasteiger partial charge is 0.494 e. The molecule has 2 aromatic rings. The number of H-pyrrole nitrogens is 2. The Labute approximate surface area is 137 Å². The third kappa shape index (κ3) is 2.47. The molecule has 3 rings (SSSR count). The molecule has 1 saturated heterocycles. The summed E-state index contributed by atoms with van der Waals surface area (Å²) in [4.78, 5) is 51.1. The molecule has 0 aliphatic carbocycles. The highest BCUT2D eigenvalue weighted by atomic mass is 16.6. The monoisotopic (exact) mass is 354 g/mol. The Hall–Kier alpha value is -3.12. The van der Waals surface area contributed by atoms with Gasteiger partial charge in [0.15, 0.2) is 12.0 Å². The first-order chi connectivity index (χ1) is 11.8. The molecule has 0 bridgehead atoms. The first-order valence-corrected chi connectivity index (χ1v) is 7.18. The normalized spacial score (nSPS) is 19.6. The average molecular weight is 354 g/mol. The SMILES string of the molecule is O=c1cc(O)n(C2(n3c(O)cc(=O)[nH]c3=O)CCCOC2O)c(=O)[nH]1. The fourth-order valence-electron chi connectivity index (χ4n) is 3.04. The quantitative estimate of drug-likeness (QED) is 0.381. The number of aromatic hydroxyl groups is 2. The van der Waals surface area contributed by atoms with E-state index in [0.717, 1.165) is 0 Å². The number of nitrogens with one attached hydrogen (secondary N) is 2. The van der Waals surface area contributed by atoms with Crippen molar-refractivity contribution in [3.63, 3.8) is 0 Å². The van der Waals surface area contributed by atoms with Crippen molar-refractivity contribution in [2.24, 2.45) is 0 Å². The molecule has 1 atom stereocenters. The smallest absolute Gasteiger partial charge is 0.333 e. The molecule has 134 valence electrons. The summed E-state index contributed by atoms with van der Waals surface area (Å²) in [6.07, 6.45) is -1.76. The van der Waals surface area contributed by atoms with Crippen LogP contribution in [-0.4, -0.2) is 47.3 Å². The van der Waals surface area contributed by atoms with Crippen molar-refractivity contribution in [3.8, 4) is 11.8 Å². The Bertz CT molecular complexity index is 972. The lowest BCUT2D eigenvalue weighted by Crippen LogP contribution is -2.62. The van der Waals surface area contributed by atoms with Crippen LogP contribution in [0, 0.1) is 0 Å². The van der Waals surface area contributed by atoms with Gasteiger partial charge < -0.3 is 20.1 Å². The number of aromatic amines is 2. The van der Waals surface area contributed by atoms with Crippen molar-refractivity contribution >= 4 is 0 Å². The summed E-state index contributed by atoms with van der Waals surface area (Å²) in [5.74, 6) is -1.73. The standard InChI is InChI=1S/C13H14N4O8/c18-6-4-8(20)16(11(23)14-6)13(2-1-3-25-10(13)22)17-9(21)5-7(19)15-12(17)24/h4-5,10,20-22H,1-3H2,(H,14,18,23)(H,15,19,24). The number of hydrogen-bond donors (Lipinski definition) is 5. The van der Waals surface area contributed by atoms with Gasteiger partial charge in [-0.15, -0.1) is 0 Å². The van der Waals surface area contributed by atoms with Gasteiger partial charge in [-0.3, -0.25) is 19.6 Å². The van der Waals surface area contributed by atoms with Gasteiger partial charge in [-0.05, 0) is 12.8 Å². The fraction of sp³-hybridized carbons (Fsp3) is 0.385. The van der Waals surface area contributed by atoms with Gasteiger partial charge in [-0.2, -0.15) is 0 Å². The molecule has 12 nitrogen and oxygen atoms in total. The third-order valence-electron chi connectivity index (χ3n) is 3.98. The molecule has 0 saturated carbocycles. The molecule has 25 heavy (non-hydrogen) atoms. The fourth-order valence-corrected chi connectivity index (χ4v) is 3.04. The van der Waals surface area contributed by atoms with Crippen LogP contribution in [-0.2, 0) is 10.4 Å². The lowest BCUT2D eigenvalue weighted by atomic mass is 9.99. The van der Waals surface area contributed by atoms with E-state index in [0.29, 0.717) is 21.3 Å². The van der Waals surface area contributed by atoms with Gasteiger partial charge in [-0.25, -0.2) is 18.7 Å². The van der Waals surface area contributed by atoms with E-state index >= 15 is 0 Å². The Kier molecular flexibility index (Phi) is 3.85. The third-order valence-corrected chi connectivity index (χ3v) is 3.98. The van der Waals surface area contributed by atoms with Crippen LogP contribution < -0.4 is 22.5 Å². The van der Waals surface area contributed by atoms with Gasteiger partial charge >= 0.3 is 11.4 Å². The minimum Gasteiger partial charge on any atom is -0.494 e. The molecule has 12 heteroatoms. The second kappa shape index (κ2) is 5.75. The van der Waals surface area contributed by atoms with E-state index in [2.05, 4.69) is 0 Å². The summed E-state index contributed by atoms with van der Waals surface area (Å²) in [7, 11) is 0. The molecule has 3 heterocycles. The maximum absolute atomic E-state index is 12.3. The number of nitrogens with zero attached hydrogens (tertiary/aromatic N) is 2. The molecule has 0 spiro atoms. The summed E-state index contributed by atoms with van der Waals surface area (Å²) >= 11 is 0. The van der Waals surface area contributed by atoms with Gasteiger partial charge in [0.05, 0.1) is 18.7 Å². The number of rotatable bonds is 2. The molecular weight excluding hydrogens is 340 g/mol. The van der Waals surface area contributed by atoms with Crippen LogP contribution in [0.15, 0.2) is 31.3 Å². The molecule has 1 unspecified atom stereocenters. The number of hydrogen-bond acceptors (Lipinski definition) is 8. The Balaban J connectivity index is 2.47. The summed E-state index contributed by atoms with van der Waals surface area (Å²) in [5.41, 5.74) is -6.23. The van der Waals surface area contributed by atoms with E-state index in [1.165, 1.54) is 0 Å². The lowest BCUT2D eigenvalue weighted by molar-refractivity contribution is -0.209. The second-order valence-corrected chi connectivity index (χ2v) is 5.47. The van der Waals surface area contributed by atoms with Gasteiger partial charge in [0, 0.05) is 0 Å². The molecule has 1 fully saturated rings. The molecule has 1 aliphatic rings. The zero-order valence-electron chi connectivity index (χ0n) is 12.6. The van der Waals surface area contributed by atoms with Gasteiger partial charge in [0.25, 0.3) is 11.1 Å². The van der Waals surface area contributed by atoms with E-state index in [-0.39, 0.29) is 19.4 Å². The predicted molar refractivity (Wildman–Crippen MR) is 80.5 cm³/mol. The Morgan fingerprint density at radius 2 is 1.48 bits per heavy atom. The maximum atomic E-state index is 12.3. The topological polar surface area (TPSA) is 180 Å². The van der Waals surface area contributed by atoms with Crippen LogP contribution >= 0.6 is 0 Å². The van der Waals surface area contributed by atoms with E-state index in [9.17, 15) is 34.5 Å². The van der Waals surface area contributed by atoms with Crippen molar-refractivity contribution in [3.05, 3.63) is 53.8 Å². The molecular formula is C13H14N4O8. The highest BCUT2D eigenvalue weighted by molar-refractivity contribution is 5.17. The van der Waals surface area contributed by atoms with Crippen LogP contribution in [0.5, 0.6) is 11.8 Å².